The van der Waals surface area contributed by atoms with Crippen LogP contribution in [0.5, 0.6) is 0 Å². The average Bonchev–Trinajstić information content (AvgIpc) is 3.62. The fourth-order valence-corrected chi connectivity index (χ4v) is 4.46. The van der Waals surface area contributed by atoms with Crippen molar-refractivity contribution in [2.45, 2.75) is 0 Å². The van der Waals surface area contributed by atoms with Crippen LogP contribution in [0.2, 0.25) is 0 Å². The predicted octanol–water partition coefficient (Wildman–Crippen LogP) is 5.27. The van der Waals surface area contributed by atoms with E-state index in [1.165, 1.54) is 0 Å². The molecule has 0 aliphatic heterocycles. The SMILES string of the molecule is O=C(Nc1cncc(-c2cc3c(-c4nc5c(-c6cccnc6)nccc5[nH]4)n[nH]c3cn2)c1)c1ccccc1. The van der Waals surface area contributed by atoms with Gasteiger partial charge in [0.15, 0.2) is 5.82 Å². The first kappa shape index (κ1) is 22.4. The van der Waals surface area contributed by atoms with Crippen molar-refractivity contribution in [3.8, 4) is 34.0 Å². The predicted molar refractivity (Wildman–Crippen MR) is 148 cm³/mol. The van der Waals surface area contributed by atoms with Crippen LogP contribution in [0.4, 0.5) is 5.69 Å². The van der Waals surface area contributed by atoms with Crippen molar-refractivity contribution in [1.29, 1.82) is 0 Å². The zero-order chi connectivity index (χ0) is 26.2. The molecule has 0 fully saturated rings. The van der Waals surface area contributed by atoms with Gasteiger partial charge < -0.3 is 10.3 Å². The van der Waals surface area contributed by atoms with Crippen LogP contribution in [-0.2, 0) is 0 Å². The lowest BCUT2D eigenvalue weighted by Crippen LogP contribution is -2.11. The third-order valence-electron chi connectivity index (χ3n) is 6.34. The number of nitrogens with one attached hydrogen (secondary N) is 3. The highest BCUT2D eigenvalue weighted by Crippen LogP contribution is 2.31. The van der Waals surface area contributed by atoms with Gasteiger partial charge in [0.05, 0.1) is 40.5 Å². The fraction of sp³-hybridized carbons (Fsp3) is 0. The minimum absolute atomic E-state index is 0.208. The summed E-state index contributed by atoms with van der Waals surface area (Å²) < 4.78 is 0. The number of anilines is 1. The number of fused-ring (bicyclic) bond motifs is 2. The van der Waals surface area contributed by atoms with E-state index >= 15 is 0 Å². The van der Waals surface area contributed by atoms with E-state index in [4.69, 9.17) is 4.98 Å². The highest BCUT2D eigenvalue weighted by molar-refractivity contribution is 6.04. The molecule has 3 N–H and O–H groups in total. The molecular weight excluding hydrogens is 490 g/mol. The normalized spacial score (nSPS) is 11.2. The quantitative estimate of drug-likeness (QED) is 0.287. The molecule has 0 atom stereocenters. The average molecular weight is 510 g/mol. The smallest absolute Gasteiger partial charge is 0.255 e. The van der Waals surface area contributed by atoms with Crippen molar-refractivity contribution in [3.63, 3.8) is 0 Å². The summed E-state index contributed by atoms with van der Waals surface area (Å²) in [5, 5.41) is 11.3. The number of aromatic nitrogens is 8. The van der Waals surface area contributed by atoms with Crippen molar-refractivity contribution in [1.82, 2.24) is 40.1 Å². The molecule has 10 nitrogen and oxygen atoms in total. The Hall–Kier alpha value is -5.77. The number of rotatable bonds is 5. The second kappa shape index (κ2) is 9.27. The van der Waals surface area contributed by atoms with Gasteiger partial charge in [-0.2, -0.15) is 5.10 Å². The zero-order valence-electron chi connectivity index (χ0n) is 20.3. The van der Waals surface area contributed by atoms with Gasteiger partial charge in [-0.25, -0.2) is 4.98 Å². The van der Waals surface area contributed by atoms with Crippen molar-refractivity contribution >= 4 is 33.5 Å². The molecule has 10 heteroatoms. The Morgan fingerprint density at radius 3 is 2.54 bits per heavy atom. The molecule has 39 heavy (non-hydrogen) atoms. The summed E-state index contributed by atoms with van der Waals surface area (Å²) in [7, 11) is 0. The second-order valence-electron chi connectivity index (χ2n) is 8.85. The topological polar surface area (TPSA) is 138 Å². The molecule has 6 heterocycles. The molecule has 0 saturated heterocycles. The van der Waals surface area contributed by atoms with Crippen LogP contribution in [0, 0.1) is 0 Å². The van der Waals surface area contributed by atoms with Gasteiger partial charge in [0.2, 0.25) is 0 Å². The molecule has 0 aliphatic rings. The first-order valence-electron chi connectivity index (χ1n) is 12.1. The minimum Gasteiger partial charge on any atom is -0.336 e. The lowest BCUT2D eigenvalue weighted by molar-refractivity contribution is 0.102. The van der Waals surface area contributed by atoms with E-state index in [-0.39, 0.29) is 5.91 Å². The molecule has 1 amide bonds. The summed E-state index contributed by atoms with van der Waals surface area (Å²) in [4.78, 5) is 38.5. The molecule has 0 radical (unpaired) electrons. The second-order valence-corrected chi connectivity index (χ2v) is 8.85. The first-order valence-corrected chi connectivity index (χ1v) is 12.1. The third kappa shape index (κ3) is 4.15. The van der Waals surface area contributed by atoms with Crippen LogP contribution in [0.1, 0.15) is 10.4 Å². The number of nitrogens with zero attached hydrogens (tertiary/aromatic N) is 6. The summed E-state index contributed by atoms with van der Waals surface area (Å²) in [6.45, 7) is 0. The Morgan fingerprint density at radius 2 is 1.67 bits per heavy atom. The molecule has 1 aromatic carbocycles. The third-order valence-corrected chi connectivity index (χ3v) is 6.34. The number of pyridine rings is 4. The molecule has 186 valence electrons. The van der Waals surface area contributed by atoms with Crippen LogP contribution < -0.4 is 5.32 Å². The van der Waals surface area contributed by atoms with E-state index in [1.54, 1.807) is 49.3 Å². The van der Waals surface area contributed by atoms with E-state index in [0.717, 1.165) is 38.8 Å². The molecule has 0 spiro atoms. The molecule has 7 rings (SSSR count). The number of amides is 1. The van der Waals surface area contributed by atoms with Crippen molar-refractivity contribution in [3.05, 3.63) is 103 Å². The van der Waals surface area contributed by atoms with Crippen molar-refractivity contribution in [2.75, 3.05) is 5.32 Å². The monoisotopic (exact) mass is 509 g/mol. The van der Waals surface area contributed by atoms with E-state index < -0.39 is 0 Å². The summed E-state index contributed by atoms with van der Waals surface area (Å²) in [5.41, 5.74) is 7.19. The van der Waals surface area contributed by atoms with Crippen LogP contribution in [0.3, 0.4) is 0 Å². The number of carbonyl (C=O) groups is 1. The van der Waals surface area contributed by atoms with E-state index in [9.17, 15) is 4.79 Å². The van der Waals surface area contributed by atoms with Gasteiger partial charge in [-0.3, -0.25) is 29.8 Å². The Bertz CT molecular complexity index is 1960. The number of imidazole rings is 1. The van der Waals surface area contributed by atoms with Gasteiger partial charge in [-0.1, -0.05) is 18.2 Å². The number of benzene rings is 1. The van der Waals surface area contributed by atoms with Gasteiger partial charge in [-0.05, 0) is 42.5 Å². The Labute approximate surface area is 221 Å². The zero-order valence-corrected chi connectivity index (χ0v) is 20.3. The summed E-state index contributed by atoms with van der Waals surface area (Å²) >= 11 is 0. The molecule has 6 aromatic heterocycles. The van der Waals surface area contributed by atoms with E-state index in [0.29, 0.717) is 28.5 Å². The van der Waals surface area contributed by atoms with E-state index in [2.05, 4.69) is 40.4 Å². The summed E-state index contributed by atoms with van der Waals surface area (Å²) in [6.07, 6.45) is 10.3. The number of aromatic amines is 2. The molecule has 0 unspecified atom stereocenters. The number of carbonyl (C=O) groups excluding carboxylic acids is 1. The largest absolute Gasteiger partial charge is 0.336 e. The van der Waals surface area contributed by atoms with Crippen LogP contribution in [-0.4, -0.2) is 46.0 Å². The minimum atomic E-state index is -0.208. The number of hydrogen-bond acceptors (Lipinski definition) is 7. The van der Waals surface area contributed by atoms with Crippen LogP contribution >= 0.6 is 0 Å². The van der Waals surface area contributed by atoms with E-state index in [1.807, 2.05) is 48.5 Å². The molecular formula is C29H19N9O. The maximum Gasteiger partial charge on any atom is 0.255 e. The van der Waals surface area contributed by atoms with Crippen molar-refractivity contribution < 1.29 is 4.79 Å². The molecule has 7 aromatic rings. The number of hydrogen-bond donors (Lipinski definition) is 3. The van der Waals surface area contributed by atoms with Crippen molar-refractivity contribution in [2.24, 2.45) is 0 Å². The lowest BCUT2D eigenvalue weighted by Gasteiger charge is -2.07. The molecule has 0 saturated carbocycles. The Morgan fingerprint density at radius 1 is 0.769 bits per heavy atom. The Balaban J connectivity index is 1.25. The van der Waals surface area contributed by atoms with Crippen LogP contribution in [0.15, 0.2) is 97.8 Å². The van der Waals surface area contributed by atoms with Gasteiger partial charge in [0.1, 0.15) is 11.2 Å². The van der Waals surface area contributed by atoms with Gasteiger partial charge in [0, 0.05) is 46.9 Å². The van der Waals surface area contributed by atoms with Gasteiger partial charge in [0.25, 0.3) is 5.91 Å². The van der Waals surface area contributed by atoms with Gasteiger partial charge in [-0.15, -0.1) is 0 Å². The van der Waals surface area contributed by atoms with Crippen LogP contribution in [0.25, 0.3) is 56.0 Å². The molecule has 0 bridgehead atoms. The maximum absolute atomic E-state index is 12.6. The fourth-order valence-electron chi connectivity index (χ4n) is 4.46. The lowest BCUT2D eigenvalue weighted by atomic mass is 10.1. The standard InChI is InChI=1S/C29H19N9O/c39-29(17-5-2-1-3-6-17)34-20-11-19(14-31-15-20)23-12-21-24(16-33-23)37-38-26(21)28-35-22-8-10-32-25(27(22)36-28)18-7-4-9-30-13-18/h1-16H,(H,34,39)(H,35,36)(H,37,38). The summed E-state index contributed by atoms with van der Waals surface area (Å²) in [6, 6.07) is 18.5. The first-order chi connectivity index (χ1) is 19.2. The highest BCUT2D eigenvalue weighted by Gasteiger charge is 2.17. The molecule has 0 aliphatic carbocycles. The maximum atomic E-state index is 12.6. The number of H-pyrrole nitrogens is 2. The highest BCUT2D eigenvalue weighted by atomic mass is 16.1. The summed E-state index contributed by atoms with van der Waals surface area (Å²) in [5.74, 6) is 0.397. The Kier molecular flexibility index (Phi) is 5.33. The van der Waals surface area contributed by atoms with Gasteiger partial charge >= 0.3 is 0 Å².